The molecule has 92 valence electrons. The Labute approximate surface area is 111 Å². The van der Waals surface area contributed by atoms with E-state index in [1.54, 1.807) is 18.0 Å². The fourth-order valence-electron chi connectivity index (χ4n) is 1.58. The zero-order valence-electron chi connectivity index (χ0n) is 10.2. The molecule has 0 spiro atoms. The molecule has 0 atom stereocenters. The van der Waals surface area contributed by atoms with Gasteiger partial charge in [0, 0.05) is 16.8 Å². The Bertz CT molecular complexity index is 566. The third-order valence-electron chi connectivity index (χ3n) is 2.66. The van der Waals surface area contributed by atoms with E-state index >= 15 is 0 Å². The number of rotatable bonds is 4. The first-order chi connectivity index (χ1) is 8.66. The third kappa shape index (κ3) is 3.11. The fourth-order valence-corrected chi connectivity index (χ4v) is 2.58. The number of nitrogen functional groups attached to an aromatic ring is 1. The van der Waals surface area contributed by atoms with Gasteiger partial charge in [-0.25, -0.2) is 0 Å². The van der Waals surface area contributed by atoms with Crippen molar-refractivity contribution in [2.24, 2.45) is 5.73 Å². The summed E-state index contributed by atoms with van der Waals surface area (Å²) in [5, 5.41) is 7.37. The Kier molecular flexibility index (Phi) is 3.99. The Balaban J connectivity index is 2.09. The van der Waals surface area contributed by atoms with Crippen molar-refractivity contribution in [1.82, 2.24) is 4.98 Å². The van der Waals surface area contributed by atoms with Gasteiger partial charge < -0.3 is 5.73 Å². The van der Waals surface area contributed by atoms with Crippen molar-refractivity contribution in [1.29, 1.82) is 5.41 Å². The molecule has 1 aromatic heterocycles. The van der Waals surface area contributed by atoms with E-state index in [4.69, 9.17) is 11.1 Å². The summed E-state index contributed by atoms with van der Waals surface area (Å²) in [7, 11) is 0. The van der Waals surface area contributed by atoms with Crippen LogP contribution in [0.25, 0.3) is 0 Å². The number of hydrogen-bond donors (Lipinski definition) is 2. The quantitative estimate of drug-likeness (QED) is 0.503. The van der Waals surface area contributed by atoms with Crippen LogP contribution in [0.1, 0.15) is 16.8 Å². The van der Waals surface area contributed by atoms with Crippen LogP contribution in [0.4, 0.5) is 0 Å². The molecule has 4 heteroatoms. The minimum atomic E-state index is 0.00772. The van der Waals surface area contributed by atoms with Gasteiger partial charge in [-0.05, 0) is 30.2 Å². The number of nitrogens with two attached hydrogens (primary N) is 1. The standard InChI is InChI=1S/C14H15N3S/c1-10-4-2-3-5-11(10)9-18-12-6-7-17-13(8-12)14(15)16/h2-8H,9H2,1H3,(H3,15,16). The molecule has 0 saturated heterocycles. The average Bonchev–Trinajstić information content (AvgIpc) is 2.38. The van der Waals surface area contributed by atoms with Crippen molar-refractivity contribution >= 4 is 17.6 Å². The highest BCUT2D eigenvalue weighted by molar-refractivity contribution is 7.98. The molecule has 3 nitrogen and oxygen atoms in total. The van der Waals surface area contributed by atoms with Gasteiger partial charge in [0.05, 0.1) is 0 Å². The van der Waals surface area contributed by atoms with Crippen molar-refractivity contribution in [2.75, 3.05) is 0 Å². The second-order valence-corrected chi connectivity index (χ2v) is 5.05. The highest BCUT2D eigenvalue weighted by Gasteiger charge is 2.02. The fraction of sp³-hybridized carbons (Fsp3) is 0.143. The Morgan fingerprint density at radius 1 is 1.33 bits per heavy atom. The number of aromatic nitrogens is 1. The number of nitrogens with zero attached hydrogens (tertiary/aromatic N) is 1. The van der Waals surface area contributed by atoms with E-state index in [1.807, 2.05) is 18.2 Å². The van der Waals surface area contributed by atoms with Crippen LogP contribution >= 0.6 is 11.8 Å². The van der Waals surface area contributed by atoms with Gasteiger partial charge in [-0.2, -0.15) is 0 Å². The van der Waals surface area contributed by atoms with Crippen molar-refractivity contribution in [3.8, 4) is 0 Å². The molecular weight excluding hydrogens is 242 g/mol. The van der Waals surface area contributed by atoms with Crippen LogP contribution in [0.15, 0.2) is 47.5 Å². The summed E-state index contributed by atoms with van der Waals surface area (Å²) in [6, 6.07) is 12.1. The summed E-state index contributed by atoms with van der Waals surface area (Å²) in [6.45, 7) is 2.11. The topological polar surface area (TPSA) is 62.8 Å². The number of thioether (sulfide) groups is 1. The van der Waals surface area contributed by atoms with Crippen LogP contribution in [0.5, 0.6) is 0 Å². The predicted octanol–water partition coefficient (Wildman–Crippen LogP) is 2.97. The second-order valence-electron chi connectivity index (χ2n) is 4.01. The molecule has 2 aromatic rings. The highest BCUT2D eigenvalue weighted by atomic mass is 32.2. The first kappa shape index (κ1) is 12.6. The summed E-state index contributed by atoms with van der Waals surface area (Å²) in [6.07, 6.45) is 1.69. The number of aryl methyl sites for hydroxylation is 1. The van der Waals surface area contributed by atoms with Gasteiger partial charge in [0.25, 0.3) is 0 Å². The molecule has 2 rings (SSSR count). The van der Waals surface area contributed by atoms with Crippen LogP contribution in [0.3, 0.4) is 0 Å². The minimum absolute atomic E-state index is 0.00772. The smallest absolute Gasteiger partial charge is 0.141 e. The maximum absolute atomic E-state index is 7.37. The van der Waals surface area contributed by atoms with Gasteiger partial charge in [0.1, 0.15) is 11.5 Å². The molecule has 18 heavy (non-hydrogen) atoms. The molecule has 0 fully saturated rings. The van der Waals surface area contributed by atoms with E-state index in [-0.39, 0.29) is 5.84 Å². The number of nitrogens with one attached hydrogen (secondary N) is 1. The van der Waals surface area contributed by atoms with E-state index in [0.29, 0.717) is 5.69 Å². The van der Waals surface area contributed by atoms with Gasteiger partial charge in [-0.3, -0.25) is 10.4 Å². The Morgan fingerprint density at radius 2 is 2.11 bits per heavy atom. The van der Waals surface area contributed by atoms with E-state index in [2.05, 4.69) is 30.1 Å². The first-order valence-corrected chi connectivity index (χ1v) is 6.63. The Morgan fingerprint density at radius 3 is 2.83 bits per heavy atom. The molecule has 0 aliphatic rings. The van der Waals surface area contributed by atoms with Gasteiger partial charge >= 0.3 is 0 Å². The van der Waals surface area contributed by atoms with Gasteiger partial charge in [0.15, 0.2) is 0 Å². The molecule has 0 unspecified atom stereocenters. The zero-order valence-corrected chi connectivity index (χ0v) is 11.0. The number of hydrogen-bond acceptors (Lipinski definition) is 3. The minimum Gasteiger partial charge on any atom is -0.382 e. The lowest BCUT2D eigenvalue weighted by Crippen LogP contribution is -2.12. The van der Waals surface area contributed by atoms with Gasteiger partial charge in [0.2, 0.25) is 0 Å². The monoisotopic (exact) mass is 257 g/mol. The van der Waals surface area contributed by atoms with Crippen molar-refractivity contribution in [2.45, 2.75) is 17.6 Å². The van der Waals surface area contributed by atoms with Gasteiger partial charge in [-0.15, -0.1) is 11.8 Å². The van der Waals surface area contributed by atoms with Crippen molar-refractivity contribution < 1.29 is 0 Å². The summed E-state index contributed by atoms with van der Waals surface area (Å²) in [5.41, 5.74) is 8.58. The van der Waals surface area contributed by atoms with E-state index in [0.717, 1.165) is 10.6 Å². The highest BCUT2D eigenvalue weighted by Crippen LogP contribution is 2.24. The molecule has 3 N–H and O–H groups in total. The maximum Gasteiger partial charge on any atom is 0.141 e. The SMILES string of the molecule is Cc1ccccc1CSc1ccnc(C(=N)N)c1. The molecule has 0 aliphatic heterocycles. The number of amidine groups is 1. The summed E-state index contributed by atoms with van der Waals surface area (Å²) in [5.74, 6) is 0.918. The molecule has 0 bridgehead atoms. The van der Waals surface area contributed by atoms with Crippen LogP contribution in [-0.4, -0.2) is 10.8 Å². The molecule has 1 aromatic carbocycles. The largest absolute Gasteiger partial charge is 0.382 e. The zero-order chi connectivity index (χ0) is 13.0. The molecule has 0 radical (unpaired) electrons. The predicted molar refractivity (Wildman–Crippen MR) is 76.0 cm³/mol. The average molecular weight is 257 g/mol. The van der Waals surface area contributed by atoms with Crippen LogP contribution < -0.4 is 5.73 Å². The summed E-state index contributed by atoms with van der Waals surface area (Å²) < 4.78 is 0. The first-order valence-electron chi connectivity index (χ1n) is 5.64. The lowest BCUT2D eigenvalue weighted by Gasteiger charge is -2.06. The lowest BCUT2D eigenvalue weighted by atomic mass is 10.1. The van der Waals surface area contributed by atoms with Gasteiger partial charge in [-0.1, -0.05) is 24.3 Å². The normalized spacial score (nSPS) is 10.3. The molecular formula is C14H15N3S. The molecule has 1 heterocycles. The van der Waals surface area contributed by atoms with Crippen molar-refractivity contribution in [3.05, 3.63) is 59.4 Å². The molecule has 0 amide bonds. The third-order valence-corrected chi connectivity index (χ3v) is 3.71. The lowest BCUT2D eigenvalue weighted by molar-refractivity contribution is 1.20. The summed E-state index contributed by atoms with van der Waals surface area (Å²) >= 11 is 1.73. The van der Waals surface area contributed by atoms with Crippen LogP contribution in [-0.2, 0) is 5.75 Å². The number of benzene rings is 1. The van der Waals surface area contributed by atoms with Crippen LogP contribution in [0.2, 0.25) is 0 Å². The van der Waals surface area contributed by atoms with Crippen LogP contribution in [0, 0.1) is 12.3 Å². The second kappa shape index (κ2) is 5.69. The van der Waals surface area contributed by atoms with Crippen molar-refractivity contribution in [3.63, 3.8) is 0 Å². The molecule has 0 saturated carbocycles. The van der Waals surface area contributed by atoms with E-state index in [1.165, 1.54) is 11.1 Å². The van der Waals surface area contributed by atoms with E-state index in [9.17, 15) is 0 Å². The number of pyridine rings is 1. The molecule has 0 aliphatic carbocycles. The summed E-state index contributed by atoms with van der Waals surface area (Å²) in [4.78, 5) is 5.13. The van der Waals surface area contributed by atoms with E-state index < -0.39 is 0 Å². The maximum atomic E-state index is 7.37. The Hall–Kier alpha value is -1.81.